The van der Waals surface area contributed by atoms with Crippen molar-refractivity contribution in [1.82, 2.24) is 4.90 Å². The van der Waals surface area contributed by atoms with E-state index in [9.17, 15) is 26.4 Å². The van der Waals surface area contributed by atoms with Gasteiger partial charge < -0.3 is 4.90 Å². The number of sulfonamides is 1. The van der Waals surface area contributed by atoms with Gasteiger partial charge >= 0.3 is 6.18 Å². The minimum atomic E-state index is -4.59. The third-order valence-corrected chi connectivity index (χ3v) is 6.45. The Hall–Kier alpha value is -2.55. The lowest BCUT2D eigenvalue weighted by molar-refractivity contribution is -0.137. The van der Waals surface area contributed by atoms with Gasteiger partial charge in [0.1, 0.15) is 0 Å². The van der Waals surface area contributed by atoms with Crippen molar-refractivity contribution in [2.24, 2.45) is 11.8 Å². The molecule has 0 unspecified atom stereocenters. The number of amides is 1. The largest absolute Gasteiger partial charge is 0.416 e. The summed E-state index contributed by atoms with van der Waals surface area (Å²) in [6, 6.07) is 9.52. The monoisotopic (exact) mass is 484 g/mol. The van der Waals surface area contributed by atoms with E-state index in [1.165, 1.54) is 24.3 Å². The van der Waals surface area contributed by atoms with E-state index in [2.05, 4.69) is 32.4 Å². The maximum Gasteiger partial charge on any atom is 0.416 e. The van der Waals surface area contributed by atoms with Crippen LogP contribution in [0, 0.1) is 11.8 Å². The molecule has 0 atom stereocenters. The number of anilines is 1. The first-order valence-electron chi connectivity index (χ1n) is 10.9. The van der Waals surface area contributed by atoms with Gasteiger partial charge in [0.05, 0.1) is 10.5 Å². The number of benzene rings is 2. The van der Waals surface area contributed by atoms with E-state index in [1.54, 1.807) is 11.0 Å². The fourth-order valence-corrected chi connectivity index (χ4v) is 4.19. The highest BCUT2D eigenvalue weighted by Gasteiger charge is 2.31. The molecule has 2 aromatic rings. The van der Waals surface area contributed by atoms with Gasteiger partial charge in [0.2, 0.25) is 0 Å². The standard InChI is InChI=1S/C24H31F3N2O3S/c1-17(2)11-13-29(14-12-18(3)4)23(30)19-7-5-10-22(15-19)33(31,32)28-21-9-6-8-20(16-21)24(25,26)27/h5-10,15-18,28H,11-14H2,1-4H3. The molecule has 0 spiro atoms. The summed E-state index contributed by atoms with van der Waals surface area (Å²) >= 11 is 0. The Kier molecular flexibility index (Phi) is 8.94. The topological polar surface area (TPSA) is 66.5 Å². The molecule has 0 saturated heterocycles. The number of rotatable bonds is 10. The molecule has 0 saturated carbocycles. The zero-order valence-electron chi connectivity index (χ0n) is 19.3. The lowest BCUT2D eigenvalue weighted by Crippen LogP contribution is -2.34. The molecule has 5 nitrogen and oxygen atoms in total. The third kappa shape index (κ3) is 8.07. The van der Waals surface area contributed by atoms with Crippen LogP contribution in [0.25, 0.3) is 0 Å². The molecule has 0 aliphatic carbocycles. The molecule has 0 heterocycles. The molecule has 2 aromatic carbocycles. The van der Waals surface area contributed by atoms with Crippen molar-refractivity contribution in [2.75, 3.05) is 17.8 Å². The van der Waals surface area contributed by atoms with Crippen molar-refractivity contribution in [3.63, 3.8) is 0 Å². The molecule has 0 aromatic heterocycles. The number of hydrogen-bond acceptors (Lipinski definition) is 3. The SMILES string of the molecule is CC(C)CCN(CCC(C)C)C(=O)c1cccc(S(=O)(=O)Nc2cccc(C(F)(F)F)c2)c1. The van der Waals surface area contributed by atoms with E-state index in [4.69, 9.17) is 0 Å². The van der Waals surface area contributed by atoms with Crippen LogP contribution in [0.5, 0.6) is 0 Å². The summed E-state index contributed by atoms with van der Waals surface area (Å²) in [5.74, 6) is 0.540. The van der Waals surface area contributed by atoms with Crippen LogP contribution in [0.2, 0.25) is 0 Å². The molecule has 1 N–H and O–H groups in total. The Morgan fingerprint density at radius 3 is 2.06 bits per heavy atom. The minimum absolute atomic E-state index is 0.196. The molecule has 9 heteroatoms. The van der Waals surface area contributed by atoms with Gasteiger partial charge in [-0.2, -0.15) is 13.2 Å². The Bertz CT molecular complexity index is 1040. The number of halogens is 3. The lowest BCUT2D eigenvalue weighted by Gasteiger charge is -2.25. The van der Waals surface area contributed by atoms with Crippen LogP contribution in [0.15, 0.2) is 53.4 Å². The van der Waals surface area contributed by atoms with Gasteiger partial charge in [-0.15, -0.1) is 0 Å². The summed E-state index contributed by atoms with van der Waals surface area (Å²) in [7, 11) is -4.20. The summed E-state index contributed by atoms with van der Waals surface area (Å²) in [6.45, 7) is 9.39. The summed E-state index contributed by atoms with van der Waals surface area (Å²) < 4.78 is 66.7. The Balaban J connectivity index is 2.28. The normalized spacial score (nSPS) is 12.3. The summed E-state index contributed by atoms with van der Waals surface area (Å²) in [6.07, 6.45) is -2.96. The molecule has 1 amide bonds. The highest BCUT2D eigenvalue weighted by Crippen LogP contribution is 2.31. The van der Waals surface area contributed by atoms with E-state index in [1.807, 2.05) is 0 Å². The Morgan fingerprint density at radius 1 is 0.939 bits per heavy atom. The van der Waals surface area contributed by atoms with E-state index >= 15 is 0 Å². The molecule has 0 radical (unpaired) electrons. The van der Waals surface area contributed by atoms with Gasteiger partial charge in [0.25, 0.3) is 15.9 Å². The smallest absolute Gasteiger partial charge is 0.339 e. The maximum atomic E-state index is 13.1. The quantitative estimate of drug-likeness (QED) is 0.447. The van der Waals surface area contributed by atoms with E-state index in [0.717, 1.165) is 31.0 Å². The average molecular weight is 485 g/mol. The zero-order chi connectivity index (χ0) is 24.8. The van der Waals surface area contributed by atoms with Crippen molar-refractivity contribution in [2.45, 2.75) is 51.6 Å². The van der Waals surface area contributed by atoms with Crippen molar-refractivity contribution in [3.05, 3.63) is 59.7 Å². The number of alkyl halides is 3. The third-order valence-electron chi connectivity index (χ3n) is 5.07. The van der Waals surface area contributed by atoms with Crippen LogP contribution in [0.1, 0.15) is 56.5 Å². The highest BCUT2D eigenvalue weighted by atomic mass is 32.2. The van der Waals surface area contributed by atoms with Crippen LogP contribution >= 0.6 is 0 Å². The number of hydrogen-bond donors (Lipinski definition) is 1. The molecule has 182 valence electrons. The molecule has 0 aliphatic heterocycles. The maximum absolute atomic E-state index is 13.1. The number of carbonyl (C=O) groups excluding carboxylic acids is 1. The van der Waals surface area contributed by atoms with Crippen molar-refractivity contribution in [1.29, 1.82) is 0 Å². The first kappa shape index (κ1) is 26.7. The van der Waals surface area contributed by atoms with E-state index < -0.39 is 21.8 Å². The van der Waals surface area contributed by atoms with E-state index in [0.29, 0.717) is 24.9 Å². The van der Waals surface area contributed by atoms with Crippen LogP contribution in [0.3, 0.4) is 0 Å². The van der Waals surface area contributed by atoms with E-state index in [-0.39, 0.29) is 22.1 Å². The lowest BCUT2D eigenvalue weighted by atomic mass is 10.1. The van der Waals surface area contributed by atoms with Crippen LogP contribution in [-0.2, 0) is 16.2 Å². The first-order valence-corrected chi connectivity index (χ1v) is 12.4. The second-order valence-corrected chi connectivity index (χ2v) is 10.6. The summed E-state index contributed by atoms with van der Waals surface area (Å²) in [5.41, 5.74) is -0.955. The molecular weight excluding hydrogens is 453 g/mol. The second-order valence-electron chi connectivity index (χ2n) is 8.87. The van der Waals surface area contributed by atoms with Gasteiger partial charge in [0.15, 0.2) is 0 Å². The molecule has 0 aliphatic rings. The molecular formula is C24H31F3N2O3S. The number of carbonyl (C=O) groups is 1. The summed E-state index contributed by atoms with van der Waals surface area (Å²) in [5, 5.41) is 0. The Labute approximate surface area is 194 Å². The molecule has 0 fully saturated rings. The predicted octanol–water partition coefficient (Wildman–Crippen LogP) is 6.04. The van der Waals surface area contributed by atoms with Gasteiger partial charge in [-0.1, -0.05) is 39.8 Å². The Morgan fingerprint density at radius 2 is 1.52 bits per heavy atom. The second kappa shape index (κ2) is 11.0. The van der Waals surface area contributed by atoms with Gasteiger partial charge in [-0.3, -0.25) is 9.52 Å². The predicted molar refractivity (Wildman–Crippen MR) is 124 cm³/mol. The fourth-order valence-electron chi connectivity index (χ4n) is 3.09. The molecule has 2 rings (SSSR count). The fraction of sp³-hybridized carbons (Fsp3) is 0.458. The van der Waals surface area contributed by atoms with Crippen molar-refractivity contribution < 1.29 is 26.4 Å². The summed E-state index contributed by atoms with van der Waals surface area (Å²) in [4.78, 5) is 14.7. The average Bonchev–Trinajstić information content (AvgIpc) is 2.72. The van der Waals surface area contributed by atoms with Crippen LogP contribution in [-0.4, -0.2) is 32.3 Å². The highest BCUT2D eigenvalue weighted by molar-refractivity contribution is 7.92. The molecule has 0 bridgehead atoms. The number of nitrogens with zero attached hydrogens (tertiary/aromatic N) is 1. The van der Waals surface area contributed by atoms with Gasteiger partial charge in [-0.25, -0.2) is 8.42 Å². The van der Waals surface area contributed by atoms with Gasteiger partial charge in [0, 0.05) is 24.3 Å². The number of nitrogens with one attached hydrogen (secondary N) is 1. The first-order chi connectivity index (χ1) is 15.3. The van der Waals surface area contributed by atoms with Crippen molar-refractivity contribution in [3.8, 4) is 0 Å². The van der Waals surface area contributed by atoms with Gasteiger partial charge in [-0.05, 0) is 61.1 Å². The van der Waals surface area contributed by atoms with Crippen molar-refractivity contribution >= 4 is 21.6 Å². The van der Waals surface area contributed by atoms with Crippen LogP contribution in [0.4, 0.5) is 18.9 Å². The molecule has 33 heavy (non-hydrogen) atoms. The minimum Gasteiger partial charge on any atom is -0.339 e. The zero-order valence-corrected chi connectivity index (χ0v) is 20.1. The van der Waals surface area contributed by atoms with Crippen LogP contribution < -0.4 is 4.72 Å².